The van der Waals surface area contributed by atoms with Gasteiger partial charge in [0, 0.05) is 18.1 Å². The van der Waals surface area contributed by atoms with E-state index in [9.17, 15) is 5.11 Å². The molecule has 120 valence electrons. The number of hydrogen-bond acceptors (Lipinski definition) is 2. The minimum absolute atomic E-state index is 0.200. The molecule has 0 aliphatic carbocycles. The second-order valence-electron chi connectivity index (χ2n) is 6.17. The van der Waals surface area contributed by atoms with Crippen molar-refractivity contribution in [1.82, 2.24) is 4.90 Å². The van der Waals surface area contributed by atoms with Gasteiger partial charge in [0.2, 0.25) is 0 Å². The average Bonchev–Trinajstić information content (AvgIpc) is 2.59. The first-order chi connectivity index (χ1) is 11.1. The first-order valence-electron chi connectivity index (χ1n) is 8.02. The van der Waals surface area contributed by atoms with Gasteiger partial charge in [0.1, 0.15) is 0 Å². The predicted molar refractivity (Wildman–Crippen MR) is 95.5 cm³/mol. The van der Waals surface area contributed by atoms with Gasteiger partial charge in [0.25, 0.3) is 0 Å². The summed E-state index contributed by atoms with van der Waals surface area (Å²) in [5.74, 6) is 0. The van der Waals surface area contributed by atoms with Gasteiger partial charge in [-0.15, -0.1) is 6.58 Å². The lowest BCUT2D eigenvalue weighted by atomic mass is 9.83. The van der Waals surface area contributed by atoms with E-state index in [0.29, 0.717) is 17.9 Å². The second-order valence-corrected chi connectivity index (χ2v) is 6.60. The Morgan fingerprint density at radius 2 is 1.65 bits per heavy atom. The lowest BCUT2D eigenvalue weighted by molar-refractivity contribution is -0.0318. The molecule has 1 N–H and O–H groups in total. The lowest BCUT2D eigenvalue weighted by Crippen LogP contribution is -2.43. The van der Waals surface area contributed by atoms with Gasteiger partial charge in [-0.05, 0) is 36.1 Å². The molecular formula is C20H22ClNO. The summed E-state index contributed by atoms with van der Waals surface area (Å²) in [6.45, 7) is 5.67. The van der Waals surface area contributed by atoms with Crippen LogP contribution in [0.4, 0.5) is 0 Å². The molecule has 0 bridgehead atoms. The molecule has 1 saturated heterocycles. The van der Waals surface area contributed by atoms with Crippen molar-refractivity contribution in [2.75, 3.05) is 13.1 Å². The minimum atomic E-state index is -0.760. The van der Waals surface area contributed by atoms with Gasteiger partial charge in [-0.3, -0.25) is 4.90 Å². The number of aliphatic hydroxyl groups is 1. The standard InChI is InChI=1S/C20H22ClNO/c1-2-19(16-6-4-3-5-7-16)22-14-12-20(23,13-15-22)17-8-10-18(21)11-9-17/h2-11,19,23H,1,12-15H2/t19-/m1/s1. The highest BCUT2D eigenvalue weighted by atomic mass is 35.5. The summed E-state index contributed by atoms with van der Waals surface area (Å²) < 4.78 is 0. The van der Waals surface area contributed by atoms with Gasteiger partial charge >= 0.3 is 0 Å². The van der Waals surface area contributed by atoms with Crippen LogP contribution in [0.5, 0.6) is 0 Å². The van der Waals surface area contributed by atoms with Crippen molar-refractivity contribution in [3.05, 3.63) is 83.4 Å². The van der Waals surface area contributed by atoms with Gasteiger partial charge in [0.15, 0.2) is 0 Å². The highest BCUT2D eigenvalue weighted by Crippen LogP contribution is 2.36. The number of benzene rings is 2. The Morgan fingerprint density at radius 1 is 1.04 bits per heavy atom. The highest BCUT2D eigenvalue weighted by Gasteiger charge is 2.35. The number of likely N-dealkylation sites (tertiary alicyclic amines) is 1. The van der Waals surface area contributed by atoms with Crippen molar-refractivity contribution in [1.29, 1.82) is 0 Å². The number of halogens is 1. The highest BCUT2D eigenvalue weighted by molar-refractivity contribution is 6.30. The van der Waals surface area contributed by atoms with Crippen molar-refractivity contribution in [2.24, 2.45) is 0 Å². The second kappa shape index (κ2) is 6.88. The summed E-state index contributed by atoms with van der Waals surface area (Å²) >= 11 is 5.95. The van der Waals surface area contributed by atoms with Crippen LogP contribution >= 0.6 is 11.6 Å². The molecule has 0 unspecified atom stereocenters. The molecule has 0 saturated carbocycles. The quantitative estimate of drug-likeness (QED) is 0.833. The van der Waals surface area contributed by atoms with Crippen LogP contribution in [0.15, 0.2) is 67.3 Å². The molecule has 0 radical (unpaired) electrons. The molecule has 0 aromatic heterocycles. The smallest absolute Gasteiger partial charge is 0.0920 e. The first-order valence-corrected chi connectivity index (χ1v) is 8.40. The molecule has 0 spiro atoms. The van der Waals surface area contributed by atoms with Gasteiger partial charge in [-0.2, -0.15) is 0 Å². The van der Waals surface area contributed by atoms with Crippen LogP contribution < -0.4 is 0 Å². The topological polar surface area (TPSA) is 23.5 Å². The fraction of sp³-hybridized carbons (Fsp3) is 0.300. The van der Waals surface area contributed by atoms with Crippen molar-refractivity contribution >= 4 is 11.6 Å². The van der Waals surface area contributed by atoms with Crippen LogP contribution in [0.1, 0.15) is 30.0 Å². The monoisotopic (exact) mass is 327 g/mol. The van der Waals surface area contributed by atoms with Crippen LogP contribution in [-0.2, 0) is 5.60 Å². The molecule has 23 heavy (non-hydrogen) atoms. The molecule has 1 aliphatic heterocycles. The molecule has 3 heteroatoms. The van der Waals surface area contributed by atoms with E-state index in [1.165, 1.54) is 5.56 Å². The van der Waals surface area contributed by atoms with Crippen molar-refractivity contribution in [3.8, 4) is 0 Å². The van der Waals surface area contributed by atoms with Crippen LogP contribution in [0.3, 0.4) is 0 Å². The predicted octanol–water partition coefficient (Wildman–Crippen LogP) is 4.55. The van der Waals surface area contributed by atoms with Gasteiger partial charge < -0.3 is 5.11 Å². The zero-order chi connectivity index (χ0) is 16.3. The molecule has 1 aliphatic rings. The minimum Gasteiger partial charge on any atom is -0.385 e. The zero-order valence-electron chi connectivity index (χ0n) is 13.2. The van der Waals surface area contributed by atoms with Crippen LogP contribution in [0.25, 0.3) is 0 Å². The van der Waals surface area contributed by atoms with E-state index < -0.39 is 5.60 Å². The zero-order valence-corrected chi connectivity index (χ0v) is 13.9. The summed E-state index contributed by atoms with van der Waals surface area (Å²) in [6.07, 6.45) is 3.42. The third-order valence-corrected chi connectivity index (χ3v) is 5.02. The number of piperidine rings is 1. The van der Waals surface area contributed by atoms with E-state index in [-0.39, 0.29) is 6.04 Å². The van der Waals surface area contributed by atoms with E-state index in [4.69, 9.17) is 11.6 Å². The largest absolute Gasteiger partial charge is 0.385 e. The fourth-order valence-electron chi connectivity index (χ4n) is 3.37. The number of nitrogens with zero attached hydrogens (tertiary/aromatic N) is 1. The number of rotatable bonds is 4. The van der Waals surface area contributed by atoms with Crippen LogP contribution in [0.2, 0.25) is 5.02 Å². The normalized spacial score (nSPS) is 19.2. The third-order valence-electron chi connectivity index (χ3n) is 4.76. The van der Waals surface area contributed by atoms with E-state index in [0.717, 1.165) is 18.7 Å². The Morgan fingerprint density at radius 3 is 2.22 bits per heavy atom. The Hall–Kier alpha value is -1.61. The van der Waals surface area contributed by atoms with Crippen LogP contribution in [0, 0.1) is 0 Å². The summed E-state index contributed by atoms with van der Waals surface area (Å²) in [7, 11) is 0. The lowest BCUT2D eigenvalue weighted by Gasteiger charge is -2.41. The summed E-state index contributed by atoms with van der Waals surface area (Å²) in [6, 6.07) is 18.2. The molecule has 2 nitrogen and oxygen atoms in total. The maximum absolute atomic E-state index is 11.0. The third kappa shape index (κ3) is 3.50. The Labute approximate surface area is 143 Å². The molecule has 1 fully saturated rings. The summed E-state index contributed by atoms with van der Waals surface area (Å²) in [5, 5.41) is 11.7. The molecule has 2 aromatic rings. The molecule has 3 rings (SSSR count). The van der Waals surface area contributed by atoms with Crippen LogP contribution in [-0.4, -0.2) is 23.1 Å². The molecule has 2 aromatic carbocycles. The van der Waals surface area contributed by atoms with Gasteiger partial charge in [0.05, 0.1) is 11.6 Å². The summed E-state index contributed by atoms with van der Waals surface area (Å²) in [5.41, 5.74) is 1.44. The summed E-state index contributed by atoms with van der Waals surface area (Å²) in [4.78, 5) is 2.38. The molecular weight excluding hydrogens is 306 g/mol. The average molecular weight is 328 g/mol. The Bertz CT molecular complexity index is 645. The van der Waals surface area contributed by atoms with Gasteiger partial charge in [-0.25, -0.2) is 0 Å². The van der Waals surface area contributed by atoms with Crippen molar-refractivity contribution in [3.63, 3.8) is 0 Å². The van der Waals surface area contributed by atoms with E-state index in [1.807, 2.05) is 36.4 Å². The number of hydrogen-bond donors (Lipinski definition) is 1. The van der Waals surface area contributed by atoms with Crippen molar-refractivity contribution < 1.29 is 5.11 Å². The molecule has 1 atom stereocenters. The Balaban J connectivity index is 1.72. The van der Waals surface area contributed by atoms with E-state index in [1.54, 1.807) is 0 Å². The fourth-order valence-corrected chi connectivity index (χ4v) is 3.49. The Kier molecular flexibility index (Phi) is 4.86. The SMILES string of the molecule is C=C[C@H](c1ccccc1)N1CCC(O)(c2ccc(Cl)cc2)CC1. The van der Waals surface area contributed by atoms with Gasteiger partial charge in [-0.1, -0.05) is 60.1 Å². The molecule has 0 amide bonds. The van der Waals surface area contributed by atoms with Crippen molar-refractivity contribution in [2.45, 2.75) is 24.5 Å². The van der Waals surface area contributed by atoms with E-state index in [2.05, 4.69) is 35.7 Å². The maximum atomic E-state index is 11.0. The maximum Gasteiger partial charge on any atom is 0.0920 e. The van der Waals surface area contributed by atoms with E-state index >= 15 is 0 Å². The molecule has 1 heterocycles. The first kappa shape index (κ1) is 16.3.